The average molecular weight is 166 g/mol. The molecule has 0 N–H and O–H groups in total. The van der Waals surface area contributed by atoms with E-state index in [1.165, 1.54) is 25.7 Å². The lowest BCUT2D eigenvalue weighted by molar-refractivity contribution is 0.222. The number of allylic oxidation sites excluding steroid dienone is 2. The van der Waals surface area contributed by atoms with Crippen molar-refractivity contribution in [2.75, 3.05) is 0 Å². The van der Waals surface area contributed by atoms with E-state index in [1.54, 1.807) is 5.57 Å². The molecule has 0 nitrogen and oxygen atoms in total. The lowest BCUT2D eigenvalue weighted by Gasteiger charge is -2.37. The summed E-state index contributed by atoms with van der Waals surface area (Å²) in [6.07, 6.45) is 7.73. The van der Waals surface area contributed by atoms with Crippen LogP contribution >= 0.6 is 0 Å². The first-order valence-electron chi connectivity index (χ1n) is 5.30. The molecule has 0 spiro atoms. The van der Waals surface area contributed by atoms with Crippen molar-refractivity contribution in [2.45, 2.75) is 53.4 Å². The zero-order chi connectivity index (χ0) is 9.19. The van der Waals surface area contributed by atoms with Gasteiger partial charge in [-0.3, -0.25) is 0 Å². The van der Waals surface area contributed by atoms with Gasteiger partial charge in [-0.05, 0) is 30.6 Å². The zero-order valence-electron chi connectivity index (χ0n) is 8.98. The van der Waals surface area contributed by atoms with Crippen LogP contribution in [0.15, 0.2) is 11.6 Å². The summed E-state index contributed by atoms with van der Waals surface area (Å²) < 4.78 is 0. The van der Waals surface area contributed by atoms with Crippen molar-refractivity contribution in [3.63, 3.8) is 0 Å². The largest absolute Gasteiger partial charge is 0.0847 e. The van der Waals surface area contributed by atoms with Crippen molar-refractivity contribution in [2.24, 2.45) is 11.3 Å². The highest BCUT2D eigenvalue weighted by atomic mass is 14.3. The Labute approximate surface area is 77.1 Å². The van der Waals surface area contributed by atoms with Crippen LogP contribution in [0.1, 0.15) is 53.4 Å². The molecule has 1 unspecified atom stereocenters. The van der Waals surface area contributed by atoms with Gasteiger partial charge in [0.1, 0.15) is 0 Å². The van der Waals surface area contributed by atoms with Gasteiger partial charge in [0.2, 0.25) is 0 Å². The Morgan fingerprint density at radius 1 is 1.42 bits per heavy atom. The van der Waals surface area contributed by atoms with E-state index in [0.717, 1.165) is 5.92 Å². The number of rotatable bonds is 4. The van der Waals surface area contributed by atoms with Crippen LogP contribution in [-0.2, 0) is 0 Å². The highest BCUT2D eigenvalue weighted by Crippen LogP contribution is 2.42. The van der Waals surface area contributed by atoms with E-state index in [9.17, 15) is 0 Å². The summed E-state index contributed by atoms with van der Waals surface area (Å²) in [6, 6.07) is 0. The normalized spacial score (nSPS) is 19.8. The summed E-state index contributed by atoms with van der Waals surface area (Å²) >= 11 is 0. The van der Waals surface area contributed by atoms with Crippen molar-refractivity contribution in [1.82, 2.24) is 0 Å². The predicted molar refractivity (Wildman–Crippen MR) is 55.2 cm³/mol. The van der Waals surface area contributed by atoms with Crippen LogP contribution in [0.25, 0.3) is 0 Å². The van der Waals surface area contributed by atoms with Gasteiger partial charge in [-0.2, -0.15) is 0 Å². The van der Waals surface area contributed by atoms with E-state index in [4.69, 9.17) is 0 Å². The first-order valence-corrected chi connectivity index (χ1v) is 5.30. The van der Waals surface area contributed by atoms with Crippen LogP contribution in [0.3, 0.4) is 0 Å². The molecule has 1 aliphatic rings. The molecule has 0 bridgehead atoms. The molecule has 12 heavy (non-hydrogen) atoms. The third kappa shape index (κ3) is 1.73. The molecule has 0 radical (unpaired) electrons. The fourth-order valence-corrected chi connectivity index (χ4v) is 2.19. The van der Waals surface area contributed by atoms with Crippen molar-refractivity contribution < 1.29 is 0 Å². The first-order chi connectivity index (χ1) is 5.61. The summed E-state index contributed by atoms with van der Waals surface area (Å²) in [5.41, 5.74) is 2.24. The highest BCUT2D eigenvalue weighted by Gasteiger charge is 2.30. The molecule has 0 fully saturated rings. The molecule has 1 aliphatic carbocycles. The van der Waals surface area contributed by atoms with Crippen molar-refractivity contribution in [1.29, 1.82) is 0 Å². The van der Waals surface area contributed by atoms with Gasteiger partial charge in [0, 0.05) is 0 Å². The maximum Gasteiger partial charge on any atom is -0.0154 e. The number of hydrogen-bond donors (Lipinski definition) is 0. The molecule has 0 heteroatoms. The van der Waals surface area contributed by atoms with Crippen LogP contribution in [-0.4, -0.2) is 0 Å². The van der Waals surface area contributed by atoms with Crippen LogP contribution in [0.4, 0.5) is 0 Å². The molecular weight excluding hydrogens is 144 g/mol. The van der Waals surface area contributed by atoms with E-state index in [0.29, 0.717) is 5.41 Å². The Morgan fingerprint density at radius 3 is 2.25 bits per heavy atom. The summed E-state index contributed by atoms with van der Waals surface area (Å²) in [5, 5.41) is 0. The molecule has 0 heterocycles. The summed E-state index contributed by atoms with van der Waals surface area (Å²) in [7, 11) is 0. The molecule has 0 saturated heterocycles. The number of hydrogen-bond acceptors (Lipinski definition) is 0. The Kier molecular flexibility index (Phi) is 2.98. The quantitative estimate of drug-likeness (QED) is 0.550. The van der Waals surface area contributed by atoms with Gasteiger partial charge in [-0.25, -0.2) is 0 Å². The summed E-state index contributed by atoms with van der Waals surface area (Å²) in [6.45, 7) is 9.43. The van der Waals surface area contributed by atoms with Crippen molar-refractivity contribution in [3.8, 4) is 0 Å². The highest BCUT2D eigenvalue weighted by molar-refractivity contribution is 5.18. The molecule has 0 aromatic rings. The molecular formula is C12H22. The smallest absolute Gasteiger partial charge is 0.0154 e. The van der Waals surface area contributed by atoms with Gasteiger partial charge < -0.3 is 0 Å². The monoisotopic (exact) mass is 166 g/mol. The third-order valence-corrected chi connectivity index (χ3v) is 3.55. The second-order valence-corrected chi connectivity index (χ2v) is 4.62. The molecule has 0 amide bonds. The van der Waals surface area contributed by atoms with Gasteiger partial charge >= 0.3 is 0 Å². The second-order valence-electron chi connectivity index (χ2n) is 4.62. The van der Waals surface area contributed by atoms with E-state index in [1.807, 2.05) is 0 Å². The summed E-state index contributed by atoms with van der Waals surface area (Å²) in [4.78, 5) is 0. The van der Waals surface area contributed by atoms with Crippen molar-refractivity contribution in [3.05, 3.63) is 11.6 Å². The standard InChI is InChI=1S/C12H22/c1-5-11(10-8-7-9-10)12(3,4)6-2/h8,11H,5-7,9H2,1-4H3. The average Bonchev–Trinajstić information content (AvgIpc) is 1.96. The molecule has 0 aliphatic heterocycles. The molecule has 0 aromatic carbocycles. The first kappa shape index (κ1) is 9.83. The zero-order valence-corrected chi connectivity index (χ0v) is 8.98. The maximum atomic E-state index is 2.44. The Balaban J connectivity index is 2.66. The Bertz CT molecular complexity index is 174. The molecule has 0 aromatic heterocycles. The van der Waals surface area contributed by atoms with Gasteiger partial charge in [0.05, 0.1) is 0 Å². The molecule has 70 valence electrons. The molecule has 0 saturated carbocycles. The maximum absolute atomic E-state index is 2.44. The van der Waals surface area contributed by atoms with E-state index >= 15 is 0 Å². The Morgan fingerprint density at radius 2 is 2.00 bits per heavy atom. The topological polar surface area (TPSA) is 0 Å². The van der Waals surface area contributed by atoms with Gasteiger partial charge in [0.15, 0.2) is 0 Å². The fraction of sp³-hybridized carbons (Fsp3) is 0.833. The van der Waals surface area contributed by atoms with E-state index < -0.39 is 0 Å². The van der Waals surface area contributed by atoms with Gasteiger partial charge in [-0.1, -0.05) is 45.8 Å². The molecule has 1 rings (SSSR count). The van der Waals surface area contributed by atoms with E-state index in [2.05, 4.69) is 33.8 Å². The van der Waals surface area contributed by atoms with Gasteiger partial charge in [0.25, 0.3) is 0 Å². The van der Waals surface area contributed by atoms with Gasteiger partial charge in [-0.15, -0.1) is 0 Å². The van der Waals surface area contributed by atoms with Crippen LogP contribution in [0.2, 0.25) is 0 Å². The lowest BCUT2D eigenvalue weighted by Crippen LogP contribution is -2.26. The minimum atomic E-state index is 0.515. The second kappa shape index (κ2) is 3.64. The van der Waals surface area contributed by atoms with Crippen LogP contribution in [0, 0.1) is 11.3 Å². The van der Waals surface area contributed by atoms with Crippen LogP contribution in [0.5, 0.6) is 0 Å². The summed E-state index contributed by atoms with van der Waals surface area (Å²) in [5.74, 6) is 0.844. The fourth-order valence-electron chi connectivity index (χ4n) is 2.19. The van der Waals surface area contributed by atoms with Crippen LogP contribution < -0.4 is 0 Å². The minimum absolute atomic E-state index is 0.515. The minimum Gasteiger partial charge on any atom is -0.0847 e. The predicted octanol–water partition coefficient (Wildman–Crippen LogP) is 4.17. The van der Waals surface area contributed by atoms with Crippen molar-refractivity contribution >= 4 is 0 Å². The lowest BCUT2D eigenvalue weighted by atomic mass is 9.68. The third-order valence-electron chi connectivity index (χ3n) is 3.55. The van der Waals surface area contributed by atoms with E-state index in [-0.39, 0.29) is 0 Å². The SMILES string of the molecule is CCC(C1=CCC1)C(C)(C)CC. The molecule has 1 atom stereocenters. The Hall–Kier alpha value is -0.260.